The van der Waals surface area contributed by atoms with Crippen molar-refractivity contribution in [3.05, 3.63) is 53.7 Å². The normalized spacial score (nSPS) is 20.8. The zero-order chi connectivity index (χ0) is 33.8. The van der Waals surface area contributed by atoms with Crippen molar-refractivity contribution in [3.63, 3.8) is 0 Å². The number of ether oxygens (including phenoxy) is 4. The van der Waals surface area contributed by atoms with Gasteiger partial charge in [-0.1, -0.05) is 0 Å². The Labute approximate surface area is 280 Å². The maximum atomic E-state index is 15.1. The van der Waals surface area contributed by atoms with E-state index in [1.165, 1.54) is 4.90 Å². The first-order valence-corrected chi connectivity index (χ1v) is 16.4. The van der Waals surface area contributed by atoms with Crippen LogP contribution in [0.15, 0.2) is 42.6 Å². The van der Waals surface area contributed by atoms with Gasteiger partial charge in [0.05, 0.1) is 44.2 Å². The van der Waals surface area contributed by atoms with E-state index in [1.54, 1.807) is 58.3 Å². The van der Waals surface area contributed by atoms with Gasteiger partial charge in [-0.15, -0.1) is 0 Å². The number of hydrogen-bond acceptors (Lipinski definition) is 11. The van der Waals surface area contributed by atoms with Gasteiger partial charge in [0.2, 0.25) is 11.8 Å². The van der Waals surface area contributed by atoms with Crippen LogP contribution in [0.3, 0.4) is 0 Å². The van der Waals surface area contributed by atoms with E-state index < -0.39 is 24.0 Å². The van der Waals surface area contributed by atoms with Gasteiger partial charge in [0, 0.05) is 30.3 Å². The molecule has 2 atom stereocenters. The molecule has 0 aliphatic carbocycles. The van der Waals surface area contributed by atoms with Crippen LogP contribution in [0.25, 0.3) is 11.3 Å². The highest BCUT2D eigenvalue weighted by Crippen LogP contribution is 2.36. The first-order chi connectivity index (χ1) is 23.1. The number of rotatable bonds is 8. The number of pyridine rings is 1. The number of methoxy groups -OCH3 is 1. The van der Waals surface area contributed by atoms with Crippen LogP contribution in [0.5, 0.6) is 11.6 Å². The fourth-order valence-electron chi connectivity index (χ4n) is 6.25. The average Bonchev–Trinajstić information content (AvgIpc) is 3.04. The van der Waals surface area contributed by atoms with Crippen LogP contribution < -0.4 is 14.8 Å². The number of benzene rings is 1. The largest absolute Gasteiger partial charge is 0.486 e. The quantitative estimate of drug-likeness (QED) is 0.330. The third-order valence-electron chi connectivity index (χ3n) is 8.89. The van der Waals surface area contributed by atoms with E-state index in [2.05, 4.69) is 32.3 Å². The molecule has 3 saturated heterocycles. The lowest BCUT2D eigenvalue weighted by Gasteiger charge is -2.41. The summed E-state index contributed by atoms with van der Waals surface area (Å²) in [5, 5.41) is 13.1. The number of aromatic nitrogens is 3. The number of alkyl halides is 1. The Morgan fingerprint density at radius 1 is 1.08 bits per heavy atom. The maximum Gasteiger partial charge on any atom is 0.410 e. The minimum absolute atomic E-state index is 0.143. The summed E-state index contributed by atoms with van der Waals surface area (Å²) >= 11 is 0. The van der Waals surface area contributed by atoms with Crippen LogP contribution in [-0.2, 0) is 9.47 Å². The van der Waals surface area contributed by atoms with Crippen LogP contribution in [0.4, 0.5) is 21.0 Å². The van der Waals surface area contributed by atoms with Crippen molar-refractivity contribution in [2.24, 2.45) is 0 Å². The first kappa shape index (κ1) is 33.4. The molecule has 0 saturated carbocycles. The van der Waals surface area contributed by atoms with E-state index in [1.807, 2.05) is 6.07 Å². The van der Waals surface area contributed by atoms with E-state index in [0.29, 0.717) is 40.9 Å². The Morgan fingerprint density at radius 3 is 2.54 bits per heavy atom. The Hall–Kier alpha value is -4.54. The lowest BCUT2D eigenvalue weighted by molar-refractivity contribution is -0.0713. The fourth-order valence-corrected chi connectivity index (χ4v) is 6.25. The summed E-state index contributed by atoms with van der Waals surface area (Å²) in [5.74, 6) is 2.12. The molecular formula is C35H42FN7O5. The standard InChI is InChI=1S/C35H42FN7O5/c1-35(2,3)48-34(44)43-16-12-30(27(36)19-43)47-29-7-5-23(17-24(29)18-37)28-9-13-38-33(39-28)41-31-8-6-26(32(40-31)45-4)22-10-14-42(15-11-22)25-20-46-21-25/h5-9,13,17,22,25,27,30H,10-12,14-16,19-21H2,1-4H3,(H,38,39,40,41)/t27-,30+/m0/s1. The lowest BCUT2D eigenvalue weighted by atomic mass is 9.89. The predicted molar refractivity (Wildman–Crippen MR) is 176 cm³/mol. The third kappa shape index (κ3) is 7.77. The molecule has 2 aromatic heterocycles. The molecule has 1 N–H and O–H groups in total. The molecule has 13 heteroatoms. The Morgan fingerprint density at radius 2 is 1.88 bits per heavy atom. The van der Waals surface area contributed by atoms with Crippen LogP contribution >= 0.6 is 0 Å². The number of likely N-dealkylation sites (tertiary alicyclic amines) is 2. The van der Waals surface area contributed by atoms with E-state index in [-0.39, 0.29) is 30.8 Å². The maximum absolute atomic E-state index is 15.1. The van der Waals surface area contributed by atoms with Gasteiger partial charge < -0.3 is 29.2 Å². The molecule has 3 fully saturated rings. The molecule has 254 valence electrons. The van der Waals surface area contributed by atoms with Crippen molar-refractivity contribution in [3.8, 4) is 29.0 Å². The summed E-state index contributed by atoms with van der Waals surface area (Å²) in [5.41, 5.74) is 1.93. The van der Waals surface area contributed by atoms with Crippen molar-refractivity contribution in [2.45, 2.75) is 69.9 Å². The number of anilines is 2. The van der Waals surface area contributed by atoms with Gasteiger partial charge in [0.1, 0.15) is 29.3 Å². The molecule has 0 spiro atoms. The van der Waals surface area contributed by atoms with Crippen LogP contribution in [0.1, 0.15) is 57.1 Å². The molecule has 6 rings (SSSR count). The highest BCUT2D eigenvalue weighted by molar-refractivity contribution is 5.68. The minimum Gasteiger partial charge on any atom is -0.486 e. The van der Waals surface area contributed by atoms with E-state index in [0.717, 1.165) is 44.7 Å². The van der Waals surface area contributed by atoms with Gasteiger partial charge in [-0.05, 0) is 89.0 Å². The van der Waals surface area contributed by atoms with Crippen LogP contribution in [-0.4, -0.2) is 101 Å². The Kier molecular flexibility index (Phi) is 9.93. The number of amides is 1. The number of carbonyl (C=O) groups excluding carboxylic acids is 1. The molecular weight excluding hydrogens is 617 g/mol. The molecule has 5 heterocycles. The van der Waals surface area contributed by atoms with Gasteiger partial charge in [0.25, 0.3) is 0 Å². The number of halogens is 1. The van der Waals surface area contributed by atoms with Crippen LogP contribution in [0.2, 0.25) is 0 Å². The van der Waals surface area contributed by atoms with Crippen molar-refractivity contribution in [1.29, 1.82) is 5.26 Å². The second kappa shape index (κ2) is 14.3. The van der Waals surface area contributed by atoms with E-state index in [9.17, 15) is 10.1 Å². The Balaban J connectivity index is 1.09. The van der Waals surface area contributed by atoms with E-state index >= 15 is 4.39 Å². The molecule has 3 aliphatic heterocycles. The molecule has 0 radical (unpaired) electrons. The first-order valence-electron chi connectivity index (χ1n) is 16.4. The second-order valence-electron chi connectivity index (χ2n) is 13.4. The highest BCUT2D eigenvalue weighted by Gasteiger charge is 2.35. The average molecular weight is 660 g/mol. The van der Waals surface area contributed by atoms with Crippen LogP contribution in [0, 0.1) is 11.3 Å². The van der Waals surface area contributed by atoms with Gasteiger partial charge in [-0.25, -0.2) is 19.2 Å². The van der Waals surface area contributed by atoms with Crippen molar-refractivity contribution >= 4 is 17.9 Å². The SMILES string of the molecule is COc1nc(Nc2nccc(-c3ccc(O[C@@H]4CCN(C(=O)OC(C)(C)C)C[C@@H]4F)c(C#N)c3)n2)ccc1C1CCN(C2COC2)CC1. The monoisotopic (exact) mass is 659 g/mol. The van der Waals surface area contributed by atoms with Gasteiger partial charge in [0.15, 0.2) is 6.17 Å². The third-order valence-corrected chi connectivity index (χ3v) is 8.89. The van der Waals surface area contributed by atoms with Crippen molar-refractivity contribution < 1.29 is 28.1 Å². The zero-order valence-electron chi connectivity index (χ0n) is 27.8. The summed E-state index contributed by atoms with van der Waals surface area (Å²) < 4.78 is 37.5. The zero-order valence-corrected chi connectivity index (χ0v) is 27.8. The summed E-state index contributed by atoms with van der Waals surface area (Å²) in [7, 11) is 1.63. The Bertz CT molecular complexity index is 1650. The molecule has 3 aromatic rings. The molecule has 0 unspecified atom stereocenters. The van der Waals surface area contributed by atoms with Gasteiger partial charge in [-0.3, -0.25) is 4.90 Å². The van der Waals surface area contributed by atoms with Gasteiger partial charge in [-0.2, -0.15) is 10.2 Å². The summed E-state index contributed by atoms with van der Waals surface area (Å²) in [6.07, 6.45) is 1.19. The number of carbonyl (C=O) groups is 1. The number of nitrogens with one attached hydrogen (secondary N) is 1. The molecule has 12 nitrogen and oxygen atoms in total. The molecule has 0 bridgehead atoms. The number of piperidine rings is 2. The minimum atomic E-state index is -1.44. The van der Waals surface area contributed by atoms with Crippen molar-refractivity contribution in [2.75, 3.05) is 51.8 Å². The number of hydrogen-bond donors (Lipinski definition) is 1. The molecule has 1 amide bonds. The second-order valence-corrected chi connectivity index (χ2v) is 13.4. The fraction of sp³-hybridized carbons (Fsp3) is 0.514. The van der Waals surface area contributed by atoms with E-state index in [4.69, 9.17) is 23.9 Å². The highest BCUT2D eigenvalue weighted by atomic mass is 19.1. The predicted octanol–water partition coefficient (Wildman–Crippen LogP) is 5.47. The smallest absolute Gasteiger partial charge is 0.410 e. The summed E-state index contributed by atoms with van der Waals surface area (Å²) in [4.78, 5) is 30.0. The molecule has 48 heavy (non-hydrogen) atoms. The van der Waals surface area contributed by atoms with Crippen molar-refractivity contribution in [1.82, 2.24) is 24.8 Å². The molecule has 1 aromatic carbocycles. The molecule has 3 aliphatic rings. The number of nitriles is 1. The summed E-state index contributed by atoms with van der Waals surface area (Å²) in [6, 6.07) is 13.5. The summed E-state index contributed by atoms with van der Waals surface area (Å²) in [6.45, 7) is 9.18. The van der Waals surface area contributed by atoms with Gasteiger partial charge >= 0.3 is 6.09 Å². The topological polar surface area (TPSA) is 135 Å². The number of nitrogens with zero attached hydrogens (tertiary/aromatic N) is 6. The lowest BCUT2D eigenvalue weighted by Crippen LogP contribution is -2.51.